The van der Waals surface area contributed by atoms with Crippen LogP contribution in [0.25, 0.3) is 10.4 Å². The van der Waals surface area contributed by atoms with Gasteiger partial charge in [-0.25, -0.2) is 10.4 Å². The fourth-order valence-corrected chi connectivity index (χ4v) is 6.33. The minimum Gasteiger partial charge on any atom is -0.494 e. The molecule has 3 N–H and O–H groups in total. The van der Waals surface area contributed by atoms with Crippen LogP contribution in [0.15, 0.2) is 106 Å². The first-order chi connectivity index (χ1) is 23.3. The summed E-state index contributed by atoms with van der Waals surface area (Å²) in [4.78, 5) is 22.6. The Morgan fingerprint density at radius 3 is 2.52 bits per heavy atom. The van der Waals surface area contributed by atoms with Gasteiger partial charge in [0.1, 0.15) is 5.75 Å². The van der Waals surface area contributed by atoms with Crippen molar-refractivity contribution in [2.45, 2.75) is 37.5 Å². The number of aliphatic hydroxyl groups is 1. The fraction of sp³-hybridized carbons (Fsp3) is 0.257. The average Bonchev–Trinajstić information content (AvgIpc) is 3.48. The number of hydrazine groups is 1. The van der Waals surface area contributed by atoms with E-state index in [1.807, 2.05) is 66.7 Å². The second-order valence-corrected chi connectivity index (χ2v) is 12.7. The van der Waals surface area contributed by atoms with E-state index in [0.29, 0.717) is 58.5 Å². The summed E-state index contributed by atoms with van der Waals surface area (Å²) in [5.41, 5.74) is 17.3. The Balaban J connectivity index is 1.53. The van der Waals surface area contributed by atoms with Crippen molar-refractivity contribution >= 4 is 50.9 Å². The molecule has 0 unspecified atom stereocenters. The van der Waals surface area contributed by atoms with Crippen molar-refractivity contribution in [3.8, 4) is 5.75 Å². The summed E-state index contributed by atoms with van der Waals surface area (Å²) in [5.74, 6) is 0.489. The Hall–Kier alpha value is -4.09. The van der Waals surface area contributed by atoms with E-state index in [1.54, 1.807) is 24.3 Å². The number of nitrogens with zero attached hydrogens (tertiary/aromatic N) is 4. The molecular weight excluding hydrogens is 719 g/mol. The van der Waals surface area contributed by atoms with Gasteiger partial charge in [0.05, 0.1) is 13.2 Å². The highest BCUT2D eigenvalue weighted by molar-refractivity contribution is 9.10. The monoisotopic (exact) mass is 750 g/mol. The zero-order chi connectivity index (χ0) is 33.9. The summed E-state index contributed by atoms with van der Waals surface area (Å²) >= 11 is 16.1. The van der Waals surface area contributed by atoms with Crippen molar-refractivity contribution in [3.05, 3.63) is 144 Å². The maximum absolute atomic E-state index is 14.6. The fourth-order valence-electron chi connectivity index (χ4n) is 5.41. The molecule has 1 aliphatic heterocycles. The number of amides is 1. The van der Waals surface area contributed by atoms with E-state index >= 15 is 0 Å². The van der Waals surface area contributed by atoms with Crippen molar-refractivity contribution in [1.29, 1.82) is 0 Å². The highest BCUT2D eigenvalue weighted by Crippen LogP contribution is 2.44. The van der Waals surface area contributed by atoms with Gasteiger partial charge in [0.2, 0.25) is 5.90 Å². The maximum atomic E-state index is 14.6. The standard InChI is InChI=1S/C35H33BrCl2N6O4/c36-30-9-4-2-6-25(30)21-35(34(46)43-40-17-16-23-10-13-27(37)20-31(23)38)32(29-8-3-1-7-26(29)22-41-44-39)48-33(42-35)24-11-14-28(15-12-24)47-19-5-18-45/h1-4,6-15,20,32,40,45H,5,16-19,21-22H2,(H,43,46)/t32-,35-/m0/s1. The Bertz CT molecular complexity index is 1820. The Kier molecular flexibility index (Phi) is 12.4. The smallest absolute Gasteiger partial charge is 0.266 e. The van der Waals surface area contributed by atoms with Crippen LogP contribution in [0.3, 0.4) is 0 Å². The molecule has 48 heavy (non-hydrogen) atoms. The molecule has 0 fully saturated rings. The number of halogens is 3. The molecule has 4 aromatic carbocycles. The average molecular weight is 752 g/mol. The molecule has 4 aromatic rings. The molecule has 248 valence electrons. The number of rotatable bonds is 15. The number of aliphatic imine (C=N–C) groups is 1. The first-order valence-electron chi connectivity index (χ1n) is 15.2. The largest absolute Gasteiger partial charge is 0.494 e. The molecule has 0 saturated heterocycles. The molecule has 10 nitrogen and oxygen atoms in total. The van der Waals surface area contributed by atoms with Gasteiger partial charge in [-0.1, -0.05) is 92.8 Å². The van der Waals surface area contributed by atoms with Crippen molar-refractivity contribution in [3.63, 3.8) is 0 Å². The van der Waals surface area contributed by atoms with Gasteiger partial charge < -0.3 is 14.6 Å². The van der Waals surface area contributed by atoms with Crippen molar-refractivity contribution < 1.29 is 19.4 Å². The van der Waals surface area contributed by atoms with Gasteiger partial charge in [0, 0.05) is 51.0 Å². The Morgan fingerprint density at radius 2 is 1.79 bits per heavy atom. The molecule has 1 aliphatic rings. The minimum absolute atomic E-state index is 0.0384. The van der Waals surface area contributed by atoms with Crippen LogP contribution in [0.1, 0.15) is 40.3 Å². The van der Waals surface area contributed by atoms with Crippen molar-refractivity contribution in [2.24, 2.45) is 10.1 Å². The predicted molar refractivity (Wildman–Crippen MR) is 190 cm³/mol. The van der Waals surface area contributed by atoms with Gasteiger partial charge in [0.15, 0.2) is 11.6 Å². The van der Waals surface area contributed by atoms with E-state index in [4.69, 9.17) is 48.3 Å². The molecule has 1 heterocycles. The van der Waals surface area contributed by atoms with E-state index < -0.39 is 17.6 Å². The van der Waals surface area contributed by atoms with Crippen molar-refractivity contribution in [1.82, 2.24) is 10.9 Å². The van der Waals surface area contributed by atoms with E-state index in [1.165, 1.54) is 0 Å². The number of hydrogen-bond acceptors (Lipinski definition) is 7. The number of azide groups is 1. The number of ether oxygens (including phenoxy) is 2. The number of carbonyl (C=O) groups excluding carboxylic acids is 1. The third kappa shape index (κ3) is 8.49. The van der Waals surface area contributed by atoms with Gasteiger partial charge in [-0.05, 0) is 76.7 Å². The number of carbonyl (C=O) groups is 1. The topological polar surface area (TPSA) is 141 Å². The normalized spacial score (nSPS) is 16.8. The van der Waals surface area contributed by atoms with Gasteiger partial charge in [-0.3, -0.25) is 10.2 Å². The van der Waals surface area contributed by atoms with Crippen LogP contribution in [0, 0.1) is 0 Å². The molecular formula is C35H33BrCl2N6O4. The first kappa shape index (κ1) is 35.2. The van der Waals surface area contributed by atoms with Crippen LogP contribution in [0.5, 0.6) is 5.75 Å². The van der Waals surface area contributed by atoms with Crippen LogP contribution < -0.4 is 15.6 Å². The SMILES string of the molecule is [N-]=[N+]=NCc1ccccc1[C@@H]1OC(c2ccc(OCCCO)cc2)=N[C@]1(Cc1ccccc1Br)C(=O)NNCCc1ccc(Cl)cc1Cl. The summed E-state index contributed by atoms with van der Waals surface area (Å²) < 4.78 is 13.2. The van der Waals surface area contributed by atoms with Crippen molar-refractivity contribution in [2.75, 3.05) is 19.8 Å². The molecule has 0 saturated carbocycles. The first-order valence-corrected chi connectivity index (χ1v) is 16.8. The van der Waals surface area contributed by atoms with Gasteiger partial charge in [-0.2, -0.15) is 0 Å². The third-order valence-corrected chi connectivity index (χ3v) is 9.19. The summed E-state index contributed by atoms with van der Waals surface area (Å²) in [5, 5.41) is 14.0. The van der Waals surface area contributed by atoms with Crippen LogP contribution in [0.2, 0.25) is 10.0 Å². The molecule has 1 amide bonds. The summed E-state index contributed by atoms with van der Waals surface area (Å²) in [6, 6.07) is 27.6. The van der Waals surface area contributed by atoms with Crippen LogP contribution >= 0.6 is 39.1 Å². The zero-order valence-electron chi connectivity index (χ0n) is 25.8. The van der Waals surface area contributed by atoms with Gasteiger partial charge in [0.25, 0.3) is 5.91 Å². The summed E-state index contributed by atoms with van der Waals surface area (Å²) in [6.45, 7) is 0.862. The molecule has 13 heteroatoms. The van der Waals surface area contributed by atoms with E-state index in [0.717, 1.165) is 15.6 Å². The van der Waals surface area contributed by atoms with E-state index in [2.05, 4.69) is 36.8 Å². The number of nitrogens with one attached hydrogen (secondary N) is 2. The summed E-state index contributed by atoms with van der Waals surface area (Å²) in [6.07, 6.45) is 0.334. The maximum Gasteiger partial charge on any atom is 0.266 e. The van der Waals surface area contributed by atoms with Crippen LogP contribution in [-0.2, 0) is 28.9 Å². The van der Waals surface area contributed by atoms with Crippen LogP contribution in [0.4, 0.5) is 0 Å². The number of benzene rings is 4. The molecule has 0 radical (unpaired) electrons. The lowest BCUT2D eigenvalue weighted by atomic mass is 9.80. The molecule has 0 aromatic heterocycles. The summed E-state index contributed by atoms with van der Waals surface area (Å²) in [7, 11) is 0. The molecule has 5 rings (SSSR count). The lowest BCUT2D eigenvalue weighted by Crippen LogP contribution is -2.54. The third-order valence-electron chi connectivity index (χ3n) is 7.83. The molecule has 0 bridgehead atoms. The van der Waals surface area contributed by atoms with Gasteiger partial charge >= 0.3 is 0 Å². The van der Waals surface area contributed by atoms with E-state index in [-0.39, 0.29) is 25.5 Å². The zero-order valence-corrected chi connectivity index (χ0v) is 28.9. The lowest BCUT2D eigenvalue weighted by molar-refractivity contribution is -0.130. The quantitative estimate of drug-likeness (QED) is 0.0376. The second kappa shape index (κ2) is 16.8. The number of aliphatic hydroxyl groups excluding tert-OH is 1. The Labute approximate surface area is 296 Å². The second-order valence-electron chi connectivity index (χ2n) is 11.0. The number of hydrogen-bond donors (Lipinski definition) is 3. The van der Waals surface area contributed by atoms with Gasteiger partial charge in [-0.15, -0.1) is 0 Å². The predicted octanol–water partition coefficient (Wildman–Crippen LogP) is 7.69. The highest BCUT2D eigenvalue weighted by Gasteiger charge is 2.54. The van der Waals surface area contributed by atoms with Crippen LogP contribution in [-0.4, -0.2) is 42.2 Å². The molecule has 2 atom stereocenters. The minimum atomic E-state index is -1.49. The Morgan fingerprint density at radius 1 is 1.04 bits per heavy atom. The molecule has 0 aliphatic carbocycles. The lowest BCUT2D eigenvalue weighted by Gasteiger charge is -2.32. The highest BCUT2D eigenvalue weighted by atomic mass is 79.9. The van der Waals surface area contributed by atoms with E-state index in [9.17, 15) is 4.79 Å². The molecule has 0 spiro atoms.